The van der Waals surface area contributed by atoms with Gasteiger partial charge in [-0.25, -0.2) is 0 Å². The van der Waals surface area contributed by atoms with Crippen LogP contribution in [-0.2, 0) is 0 Å². The molecule has 1 heterocycles. The van der Waals surface area contributed by atoms with E-state index in [1.165, 1.54) is 19.3 Å². The van der Waals surface area contributed by atoms with Crippen LogP contribution in [0.1, 0.15) is 32.1 Å². The summed E-state index contributed by atoms with van der Waals surface area (Å²) >= 11 is 0. The molecule has 1 aromatic heterocycles. The van der Waals surface area contributed by atoms with Crippen molar-refractivity contribution in [1.82, 2.24) is 4.98 Å². The third-order valence-corrected chi connectivity index (χ3v) is 2.78. The fourth-order valence-corrected chi connectivity index (χ4v) is 1.95. The maximum absolute atomic E-state index is 5.86. The van der Waals surface area contributed by atoms with Gasteiger partial charge in [0.2, 0.25) is 0 Å². The number of hydrogen-bond acceptors (Lipinski definition) is 3. The van der Waals surface area contributed by atoms with Crippen molar-refractivity contribution in [3.05, 3.63) is 18.5 Å². The summed E-state index contributed by atoms with van der Waals surface area (Å²) in [5, 5.41) is 0. The highest BCUT2D eigenvalue weighted by Gasteiger charge is 2.14. The summed E-state index contributed by atoms with van der Waals surface area (Å²) in [6.07, 6.45) is 10.0. The lowest BCUT2D eigenvalue weighted by atomic mass is 9.98. The number of ether oxygens (including phenoxy) is 2. The third kappa shape index (κ3) is 2.85. The van der Waals surface area contributed by atoms with Crippen molar-refractivity contribution >= 4 is 0 Å². The maximum Gasteiger partial charge on any atom is 0.141 e. The average Bonchev–Trinajstić information content (AvgIpc) is 2.31. The molecule has 0 aliphatic heterocycles. The van der Waals surface area contributed by atoms with E-state index in [1.807, 2.05) is 6.07 Å². The summed E-state index contributed by atoms with van der Waals surface area (Å²) in [6.45, 7) is 0. The zero-order valence-corrected chi connectivity index (χ0v) is 9.11. The van der Waals surface area contributed by atoms with Gasteiger partial charge in [-0.3, -0.25) is 4.98 Å². The summed E-state index contributed by atoms with van der Waals surface area (Å²) in [5.74, 6) is 1.57. The molecule has 0 bridgehead atoms. The minimum absolute atomic E-state index is 0.368. The van der Waals surface area contributed by atoms with E-state index < -0.39 is 0 Å². The van der Waals surface area contributed by atoms with Crippen molar-refractivity contribution in [3.63, 3.8) is 0 Å². The van der Waals surface area contributed by atoms with Crippen molar-refractivity contribution in [1.29, 1.82) is 0 Å². The molecule has 1 aromatic rings. The largest absolute Gasteiger partial charge is 0.495 e. The Labute approximate surface area is 90.4 Å². The van der Waals surface area contributed by atoms with Crippen molar-refractivity contribution in [2.24, 2.45) is 0 Å². The van der Waals surface area contributed by atoms with E-state index in [0.717, 1.165) is 24.3 Å². The molecule has 0 amide bonds. The molecule has 1 aliphatic carbocycles. The third-order valence-electron chi connectivity index (χ3n) is 2.78. The van der Waals surface area contributed by atoms with Crippen LogP contribution in [0.3, 0.4) is 0 Å². The van der Waals surface area contributed by atoms with Crippen LogP contribution in [0.5, 0.6) is 11.5 Å². The van der Waals surface area contributed by atoms with Gasteiger partial charge in [0.1, 0.15) is 11.5 Å². The Morgan fingerprint density at radius 1 is 1.13 bits per heavy atom. The molecule has 0 spiro atoms. The van der Waals surface area contributed by atoms with Crippen LogP contribution in [0.2, 0.25) is 0 Å². The molecule has 0 saturated heterocycles. The number of rotatable bonds is 3. The van der Waals surface area contributed by atoms with Crippen molar-refractivity contribution in [2.75, 3.05) is 7.11 Å². The Balaban J connectivity index is 1.96. The topological polar surface area (TPSA) is 31.4 Å². The number of pyridine rings is 1. The maximum atomic E-state index is 5.86. The molecular weight excluding hydrogens is 190 g/mol. The summed E-state index contributed by atoms with van der Waals surface area (Å²) in [5.41, 5.74) is 0. The van der Waals surface area contributed by atoms with Crippen LogP contribution < -0.4 is 9.47 Å². The van der Waals surface area contributed by atoms with Gasteiger partial charge in [-0.15, -0.1) is 0 Å². The highest BCUT2D eigenvalue weighted by atomic mass is 16.5. The van der Waals surface area contributed by atoms with Crippen molar-refractivity contribution < 1.29 is 9.47 Å². The van der Waals surface area contributed by atoms with Crippen molar-refractivity contribution in [2.45, 2.75) is 38.2 Å². The highest BCUT2D eigenvalue weighted by molar-refractivity contribution is 5.28. The lowest BCUT2D eigenvalue weighted by Gasteiger charge is -2.22. The van der Waals surface area contributed by atoms with Gasteiger partial charge in [-0.1, -0.05) is 6.42 Å². The molecule has 0 radical (unpaired) electrons. The molecule has 2 rings (SSSR count). The molecule has 1 saturated carbocycles. The van der Waals surface area contributed by atoms with Crippen LogP contribution in [0.25, 0.3) is 0 Å². The lowest BCUT2D eigenvalue weighted by molar-refractivity contribution is 0.154. The van der Waals surface area contributed by atoms with E-state index in [2.05, 4.69) is 4.98 Å². The molecular formula is C12H17NO2. The first-order valence-corrected chi connectivity index (χ1v) is 5.54. The van der Waals surface area contributed by atoms with E-state index in [-0.39, 0.29) is 0 Å². The molecule has 0 N–H and O–H groups in total. The van der Waals surface area contributed by atoms with Gasteiger partial charge >= 0.3 is 0 Å². The second kappa shape index (κ2) is 5.01. The number of aromatic nitrogens is 1. The lowest BCUT2D eigenvalue weighted by Crippen LogP contribution is -2.19. The van der Waals surface area contributed by atoms with E-state index in [1.54, 1.807) is 19.5 Å². The van der Waals surface area contributed by atoms with Crippen LogP contribution in [0.4, 0.5) is 0 Å². The first-order chi connectivity index (χ1) is 7.38. The highest BCUT2D eigenvalue weighted by Crippen LogP contribution is 2.24. The SMILES string of the molecule is COc1cncc(OC2CCCCC2)c1. The fraction of sp³-hybridized carbons (Fsp3) is 0.583. The number of hydrogen-bond donors (Lipinski definition) is 0. The average molecular weight is 207 g/mol. The van der Waals surface area contributed by atoms with E-state index in [0.29, 0.717) is 6.10 Å². The van der Waals surface area contributed by atoms with Gasteiger partial charge in [-0.05, 0) is 25.7 Å². The van der Waals surface area contributed by atoms with Gasteiger partial charge in [0, 0.05) is 6.07 Å². The Morgan fingerprint density at radius 3 is 2.60 bits per heavy atom. The minimum atomic E-state index is 0.368. The van der Waals surface area contributed by atoms with Gasteiger partial charge in [0.05, 0.1) is 25.6 Å². The van der Waals surface area contributed by atoms with Gasteiger partial charge in [0.25, 0.3) is 0 Å². The molecule has 0 aromatic carbocycles. The zero-order valence-electron chi connectivity index (χ0n) is 9.11. The van der Waals surface area contributed by atoms with E-state index in [4.69, 9.17) is 9.47 Å². The van der Waals surface area contributed by atoms with E-state index in [9.17, 15) is 0 Å². The minimum Gasteiger partial charge on any atom is -0.495 e. The van der Waals surface area contributed by atoms with Gasteiger partial charge in [-0.2, -0.15) is 0 Å². The molecule has 82 valence electrons. The Morgan fingerprint density at radius 2 is 1.87 bits per heavy atom. The molecule has 1 fully saturated rings. The fourth-order valence-electron chi connectivity index (χ4n) is 1.95. The van der Waals surface area contributed by atoms with Crippen LogP contribution >= 0.6 is 0 Å². The van der Waals surface area contributed by atoms with Gasteiger partial charge in [0.15, 0.2) is 0 Å². The molecule has 1 aliphatic rings. The molecule has 3 heteroatoms. The Kier molecular flexibility index (Phi) is 3.43. The first kappa shape index (κ1) is 10.3. The Bertz CT molecular complexity index is 308. The Hall–Kier alpha value is -1.25. The molecule has 0 atom stereocenters. The molecule has 3 nitrogen and oxygen atoms in total. The van der Waals surface area contributed by atoms with Gasteiger partial charge < -0.3 is 9.47 Å². The zero-order chi connectivity index (χ0) is 10.5. The normalized spacial score (nSPS) is 17.4. The number of nitrogens with zero attached hydrogens (tertiary/aromatic N) is 1. The van der Waals surface area contributed by atoms with Crippen LogP contribution in [-0.4, -0.2) is 18.2 Å². The smallest absolute Gasteiger partial charge is 0.141 e. The first-order valence-electron chi connectivity index (χ1n) is 5.54. The summed E-state index contributed by atoms with van der Waals surface area (Å²) in [6, 6.07) is 1.89. The van der Waals surface area contributed by atoms with Crippen molar-refractivity contribution in [3.8, 4) is 11.5 Å². The summed E-state index contributed by atoms with van der Waals surface area (Å²) < 4.78 is 11.0. The molecule has 15 heavy (non-hydrogen) atoms. The van der Waals surface area contributed by atoms with Crippen LogP contribution in [0, 0.1) is 0 Å². The standard InChI is InChI=1S/C12H17NO2/c1-14-11-7-12(9-13-8-11)15-10-5-3-2-4-6-10/h7-10H,2-6H2,1H3. The van der Waals surface area contributed by atoms with Crippen LogP contribution in [0.15, 0.2) is 18.5 Å². The monoisotopic (exact) mass is 207 g/mol. The second-order valence-corrected chi connectivity index (χ2v) is 3.94. The quantitative estimate of drug-likeness (QED) is 0.763. The summed E-state index contributed by atoms with van der Waals surface area (Å²) in [7, 11) is 1.64. The molecule has 0 unspecified atom stereocenters. The predicted molar refractivity (Wildman–Crippen MR) is 58.3 cm³/mol. The second-order valence-electron chi connectivity index (χ2n) is 3.94. The summed E-state index contributed by atoms with van der Waals surface area (Å²) in [4.78, 5) is 4.07. The number of methoxy groups -OCH3 is 1. The van der Waals surface area contributed by atoms with E-state index >= 15 is 0 Å². The predicted octanol–water partition coefficient (Wildman–Crippen LogP) is 2.80.